The molecule has 24 heavy (non-hydrogen) atoms. The maximum Gasteiger partial charge on any atom is 0.378 e. The summed E-state index contributed by atoms with van der Waals surface area (Å²) >= 11 is 0. The van der Waals surface area contributed by atoms with Crippen LogP contribution in [0, 0.1) is 5.82 Å². The van der Waals surface area contributed by atoms with Crippen molar-refractivity contribution in [2.45, 2.75) is 6.54 Å². The van der Waals surface area contributed by atoms with Gasteiger partial charge in [0.1, 0.15) is 11.5 Å². The first kappa shape index (κ1) is 17.1. The SMILES string of the molecule is COC(=O)C(=O)/C=C(\O)C(=O)c1cncn1Cc1ccc(F)cc1. The number of hydrogen-bond acceptors (Lipinski definition) is 6. The number of esters is 1. The molecule has 0 saturated carbocycles. The lowest BCUT2D eigenvalue weighted by Crippen LogP contribution is -2.16. The van der Waals surface area contributed by atoms with Crippen molar-refractivity contribution in [1.29, 1.82) is 0 Å². The van der Waals surface area contributed by atoms with Crippen LogP contribution in [0.25, 0.3) is 0 Å². The number of allylic oxidation sites excluding steroid dienone is 1. The Bertz CT molecular complexity index is 808. The highest BCUT2D eigenvalue weighted by molar-refractivity contribution is 6.39. The molecule has 0 unspecified atom stereocenters. The standard InChI is InChI=1S/C16H13FN2O5/c1-24-16(23)14(21)6-13(20)15(22)12-7-18-9-19(12)8-10-2-4-11(17)5-3-10/h2-7,9,20H,8H2,1H3/b13-6-. The van der Waals surface area contributed by atoms with Gasteiger partial charge < -0.3 is 14.4 Å². The van der Waals surface area contributed by atoms with E-state index in [0.29, 0.717) is 11.6 Å². The molecule has 124 valence electrons. The number of carbonyl (C=O) groups excluding carboxylic acids is 3. The third-order valence-electron chi connectivity index (χ3n) is 3.10. The van der Waals surface area contributed by atoms with Crippen molar-refractivity contribution >= 4 is 17.5 Å². The zero-order valence-electron chi connectivity index (χ0n) is 12.6. The van der Waals surface area contributed by atoms with Crippen molar-refractivity contribution in [3.63, 3.8) is 0 Å². The number of benzene rings is 1. The average molecular weight is 332 g/mol. The van der Waals surface area contributed by atoms with E-state index in [9.17, 15) is 23.9 Å². The monoisotopic (exact) mass is 332 g/mol. The largest absolute Gasteiger partial charge is 0.504 e. The summed E-state index contributed by atoms with van der Waals surface area (Å²) < 4.78 is 18.5. The van der Waals surface area contributed by atoms with E-state index in [1.807, 2.05) is 0 Å². The minimum atomic E-state index is -1.20. The molecule has 0 bridgehead atoms. The van der Waals surface area contributed by atoms with Gasteiger partial charge in [-0.15, -0.1) is 0 Å². The summed E-state index contributed by atoms with van der Waals surface area (Å²) in [7, 11) is 1.00. The van der Waals surface area contributed by atoms with Crippen LogP contribution in [0.1, 0.15) is 16.1 Å². The van der Waals surface area contributed by atoms with Gasteiger partial charge in [0.05, 0.1) is 19.6 Å². The van der Waals surface area contributed by atoms with E-state index >= 15 is 0 Å². The molecule has 1 heterocycles. The zero-order valence-corrected chi connectivity index (χ0v) is 12.6. The quantitative estimate of drug-likeness (QED) is 0.282. The number of aliphatic hydroxyl groups is 1. The van der Waals surface area contributed by atoms with Crippen molar-refractivity contribution in [3.8, 4) is 0 Å². The number of Topliss-reactive ketones (excluding diaryl/α,β-unsaturated/α-hetero) is 1. The number of nitrogens with zero attached hydrogens (tertiary/aromatic N) is 2. The molecule has 1 aromatic carbocycles. The van der Waals surface area contributed by atoms with E-state index < -0.39 is 23.3 Å². The topological polar surface area (TPSA) is 98.5 Å². The first-order valence-corrected chi connectivity index (χ1v) is 6.74. The fraction of sp³-hybridized carbons (Fsp3) is 0.125. The second kappa shape index (κ2) is 7.32. The molecule has 0 amide bonds. The summed E-state index contributed by atoms with van der Waals surface area (Å²) in [4.78, 5) is 38.3. The molecule has 0 spiro atoms. The Morgan fingerprint density at radius 3 is 2.58 bits per heavy atom. The lowest BCUT2D eigenvalue weighted by molar-refractivity contribution is -0.149. The molecule has 0 fully saturated rings. The second-order valence-electron chi connectivity index (χ2n) is 4.75. The number of rotatable bonds is 6. The van der Waals surface area contributed by atoms with Crippen LogP contribution in [0.3, 0.4) is 0 Å². The molecule has 1 aromatic heterocycles. The zero-order chi connectivity index (χ0) is 17.7. The van der Waals surface area contributed by atoms with Crippen LogP contribution in [-0.2, 0) is 20.9 Å². The third-order valence-corrected chi connectivity index (χ3v) is 3.10. The lowest BCUT2D eigenvalue weighted by atomic mass is 10.2. The number of ketones is 2. The van der Waals surface area contributed by atoms with Crippen LogP contribution in [-0.4, -0.2) is 39.3 Å². The van der Waals surface area contributed by atoms with Crippen molar-refractivity contribution < 1.29 is 28.6 Å². The second-order valence-corrected chi connectivity index (χ2v) is 4.75. The van der Waals surface area contributed by atoms with Gasteiger partial charge >= 0.3 is 5.97 Å². The van der Waals surface area contributed by atoms with Gasteiger partial charge in [-0.1, -0.05) is 12.1 Å². The van der Waals surface area contributed by atoms with Crippen LogP contribution in [0.4, 0.5) is 4.39 Å². The molecule has 0 radical (unpaired) electrons. The highest BCUT2D eigenvalue weighted by Gasteiger charge is 2.20. The number of aliphatic hydroxyl groups excluding tert-OH is 1. The summed E-state index contributed by atoms with van der Waals surface area (Å²) in [5.74, 6) is -4.54. The summed E-state index contributed by atoms with van der Waals surface area (Å²) in [6.07, 6.45) is 3.05. The van der Waals surface area contributed by atoms with E-state index in [-0.39, 0.29) is 18.1 Å². The Hall–Kier alpha value is -3.29. The Morgan fingerprint density at radius 1 is 1.29 bits per heavy atom. The third kappa shape index (κ3) is 3.92. The number of aromatic nitrogens is 2. The van der Waals surface area contributed by atoms with Crippen LogP contribution in [0.2, 0.25) is 0 Å². The summed E-state index contributed by atoms with van der Waals surface area (Å²) in [5, 5.41) is 9.72. The van der Waals surface area contributed by atoms with Gasteiger partial charge in [-0.25, -0.2) is 14.2 Å². The molecule has 0 aliphatic heterocycles. The minimum Gasteiger partial charge on any atom is -0.504 e. The van der Waals surface area contributed by atoms with Gasteiger partial charge in [-0.2, -0.15) is 0 Å². The minimum absolute atomic E-state index is 0.00532. The Kier molecular flexibility index (Phi) is 5.20. The number of imidazole rings is 1. The van der Waals surface area contributed by atoms with E-state index in [1.54, 1.807) is 12.1 Å². The van der Waals surface area contributed by atoms with E-state index in [0.717, 1.165) is 7.11 Å². The maximum atomic E-state index is 12.9. The molecule has 0 saturated heterocycles. The number of hydrogen-bond donors (Lipinski definition) is 1. The van der Waals surface area contributed by atoms with Crippen molar-refractivity contribution in [2.24, 2.45) is 0 Å². The van der Waals surface area contributed by atoms with Gasteiger partial charge in [0.25, 0.3) is 5.78 Å². The number of methoxy groups -OCH3 is 1. The molecule has 1 N–H and O–H groups in total. The van der Waals surface area contributed by atoms with E-state index in [1.165, 1.54) is 29.2 Å². The normalized spacial score (nSPS) is 11.2. The van der Waals surface area contributed by atoms with E-state index in [4.69, 9.17) is 0 Å². The fourth-order valence-electron chi connectivity index (χ4n) is 1.90. The molecule has 0 atom stereocenters. The Labute approximate surface area is 136 Å². The van der Waals surface area contributed by atoms with Gasteiger partial charge in [-0.05, 0) is 17.7 Å². The molecule has 0 aliphatic carbocycles. The molecule has 2 rings (SSSR count). The summed E-state index contributed by atoms with van der Waals surface area (Å²) in [6.45, 7) is 0.208. The predicted molar refractivity (Wildman–Crippen MR) is 79.8 cm³/mol. The Balaban J connectivity index is 2.21. The molecule has 7 nitrogen and oxygen atoms in total. The molecule has 8 heteroatoms. The molecule has 2 aromatic rings. The average Bonchev–Trinajstić information content (AvgIpc) is 3.03. The smallest absolute Gasteiger partial charge is 0.378 e. The molecule has 0 aliphatic rings. The lowest BCUT2D eigenvalue weighted by Gasteiger charge is -2.07. The van der Waals surface area contributed by atoms with Crippen LogP contribution >= 0.6 is 0 Å². The predicted octanol–water partition coefficient (Wildman–Crippen LogP) is 1.44. The van der Waals surface area contributed by atoms with Gasteiger partial charge in [0.2, 0.25) is 5.78 Å². The van der Waals surface area contributed by atoms with E-state index in [2.05, 4.69) is 9.72 Å². The summed E-state index contributed by atoms with van der Waals surface area (Å²) in [6, 6.07) is 5.64. The number of carbonyl (C=O) groups is 3. The van der Waals surface area contributed by atoms with Gasteiger partial charge in [0.15, 0.2) is 5.76 Å². The maximum absolute atomic E-state index is 12.9. The summed E-state index contributed by atoms with van der Waals surface area (Å²) in [5.41, 5.74) is 0.711. The van der Waals surface area contributed by atoms with Crippen LogP contribution in [0.15, 0.2) is 48.6 Å². The fourth-order valence-corrected chi connectivity index (χ4v) is 1.90. The van der Waals surface area contributed by atoms with Crippen molar-refractivity contribution in [2.75, 3.05) is 7.11 Å². The van der Waals surface area contributed by atoms with Crippen molar-refractivity contribution in [3.05, 3.63) is 65.7 Å². The number of halogens is 1. The van der Waals surface area contributed by atoms with Gasteiger partial charge in [-0.3, -0.25) is 9.59 Å². The number of ether oxygens (including phenoxy) is 1. The van der Waals surface area contributed by atoms with Crippen LogP contribution < -0.4 is 0 Å². The highest BCUT2D eigenvalue weighted by atomic mass is 19.1. The first-order chi connectivity index (χ1) is 11.4. The van der Waals surface area contributed by atoms with Gasteiger partial charge in [0, 0.05) is 12.6 Å². The highest BCUT2D eigenvalue weighted by Crippen LogP contribution is 2.11. The Morgan fingerprint density at radius 2 is 1.96 bits per heavy atom. The molecular weight excluding hydrogens is 319 g/mol. The first-order valence-electron chi connectivity index (χ1n) is 6.74. The van der Waals surface area contributed by atoms with Crippen molar-refractivity contribution in [1.82, 2.24) is 9.55 Å². The van der Waals surface area contributed by atoms with Crippen LogP contribution in [0.5, 0.6) is 0 Å². The molecular formula is C16H13FN2O5.